The van der Waals surface area contributed by atoms with Crippen LogP contribution in [0.4, 0.5) is 0 Å². The highest BCUT2D eigenvalue weighted by atomic mass is 14.9. The molecule has 1 rings (SSSR count). The molecular weight excluding hydrogens is 170 g/mol. The Hall–Kier alpha value is -0.0400. The molecule has 1 fully saturated rings. The average Bonchev–Trinajstić information content (AvgIpc) is 2.44. The molecule has 0 heterocycles. The Balaban J connectivity index is 2.47. The van der Waals surface area contributed by atoms with Crippen molar-refractivity contribution in [1.29, 1.82) is 0 Å². The minimum absolute atomic E-state index is 0.454. The van der Waals surface area contributed by atoms with Gasteiger partial charge >= 0.3 is 0 Å². The Morgan fingerprint density at radius 2 is 2.00 bits per heavy atom. The summed E-state index contributed by atoms with van der Waals surface area (Å²) in [5, 5.41) is 3.66. The molecule has 1 N–H and O–H groups in total. The first-order valence-electron chi connectivity index (χ1n) is 6.12. The highest BCUT2D eigenvalue weighted by Gasteiger charge is 2.43. The van der Waals surface area contributed by atoms with Gasteiger partial charge in [-0.1, -0.05) is 34.6 Å². The molecule has 0 spiro atoms. The van der Waals surface area contributed by atoms with Crippen molar-refractivity contribution in [2.24, 2.45) is 10.8 Å². The van der Waals surface area contributed by atoms with E-state index in [4.69, 9.17) is 0 Å². The van der Waals surface area contributed by atoms with E-state index in [-0.39, 0.29) is 0 Å². The summed E-state index contributed by atoms with van der Waals surface area (Å²) in [5.74, 6) is 0. The van der Waals surface area contributed by atoms with E-state index in [1.54, 1.807) is 0 Å². The molecule has 1 saturated carbocycles. The minimum Gasteiger partial charge on any atom is -0.314 e. The van der Waals surface area contributed by atoms with Gasteiger partial charge in [-0.05, 0) is 43.1 Å². The van der Waals surface area contributed by atoms with Crippen molar-refractivity contribution in [2.45, 2.75) is 66.3 Å². The first kappa shape index (κ1) is 12.0. The van der Waals surface area contributed by atoms with Crippen LogP contribution in [-0.2, 0) is 0 Å². The number of nitrogens with one attached hydrogen (secondary N) is 1. The van der Waals surface area contributed by atoms with Gasteiger partial charge in [0.2, 0.25) is 0 Å². The van der Waals surface area contributed by atoms with E-state index in [0.29, 0.717) is 10.8 Å². The van der Waals surface area contributed by atoms with E-state index in [0.717, 1.165) is 6.04 Å². The molecule has 0 aromatic carbocycles. The van der Waals surface area contributed by atoms with Crippen molar-refractivity contribution in [3.05, 3.63) is 0 Å². The van der Waals surface area contributed by atoms with Gasteiger partial charge in [0, 0.05) is 6.04 Å². The standard InChI is InChI=1S/C13H27N/c1-6-9-14-11-7-8-13(5,10-11)12(2,3)4/h11,14H,6-10H2,1-5H3. The lowest BCUT2D eigenvalue weighted by atomic mass is 9.67. The van der Waals surface area contributed by atoms with Crippen LogP contribution in [0.3, 0.4) is 0 Å². The zero-order valence-corrected chi connectivity index (χ0v) is 10.6. The van der Waals surface area contributed by atoms with Gasteiger partial charge < -0.3 is 5.32 Å². The molecule has 0 aliphatic heterocycles. The summed E-state index contributed by atoms with van der Waals surface area (Å²) in [6, 6.07) is 0.777. The second kappa shape index (κ2) is 4.22. The van der Waals surface area contributed by atoms with Crippen molar-refractivity contribution < 1.29 is 0 Å². The molecule has 1 heteroatoms. The summed E-state index contributed by atoms with van der Waals surface area (Å²) in [7, 11) is 0. The molecule has 2 unspecified atom stereocenters. The van der Waals surface area contributed by atoms with E-state index < -0.39 is 0 Å². The van der Waals surface area contributed by atoms with Crippen LogP contribution in [0.15, 0.2) is 0 Å². The largest absolute Gasteiger partial charge is 0.314 e. The van der Waals surface area contributed by atoms with Crippen LogP contribution in [0.2, 0.25) is 0 Å². The molecule has 0 amide bonds. The van der Waals surface area contributed by atoms with Gasteiger partial charge in [0.15, 0.2) is 0 Å². The van der Waals surface area contributed by atoms with E-state index in [1.807, 2.05) is 0 Å². The molecule has 14 heavy (non-hydrogen) atoms. The Morgan fingerprint density at radius 1 is 1.36 bits per heavy atom. The molecule has 1 nitrogen and oxygen atoms in total. The maximum Gasteiger partial charge on any atom is 0.00726 e. The molecule has 0 saturated heterocycles. The van der Waals surface area contributed by atoms with E-state index in [1.165, 1.54) is 32.2 Å². The normalized spacial score (nSPS) is 33.6. The molecule has 1 aliphatic carbocycles. The molecule has 0 aromatic rings. The maximum absolute atomic E-state index is 3.66. The smallest absolute Gasteiger partial charge is 0.00726 e. The zero-order chi connectivity index (χ0) is 10.8. The molecular formula is C13H27N. The van der Waals surface area contributed by atoms with Crippen molar-refractivity contribution >= 4 is 0 Å². The van der Waals surface area contributed by atoms with Crippen LogP contribution in [-0.4, -0.2) is 12.6 Å². The highest BCUT2D eigenvalue weighted by molar-refractivity contribution is 4.96. The van der Waals surface area contributed by atoms with E-state index >= 15 is 0 Å². The molecule has 2 atom stereocenters. The molecule has 0 radical (unpaired) electrons. The predicted octanol–water partition coefficient (Wildman–Crippen LogP) is 3.59. The first-order valence-corrected chi connectivity index (χ1v) is 6.12. The van der Waals surface area contributed by atoms with Crippen molar-refractivity contribution in [2.75, 3.05) is 6.54 Å². The fraction of sp³-hybridized carbons (Fsp3) is 1.00. The topological polar surface area (TPSA) is 12.0 Å². The lowest BCUT2D eigenvalue weighted by molar-refractivity contribution is 0.113. The lowest BCUT2D eigenvalue weighted by Crippen LogP contribution is -2.34. The van der Waals surface area contributed by atoms with Crippen LogP contribution in [0, 0.1) is 10.8 Å². The SMILES string of the molecule is CCCNC1CCC(C)(C(C)(C)C)C1. The third-order valence-electron chi connectivity index (χ3n) is 4.24. The minimum atomic E-state index is 0.454. The molecule has 0 bridgehead atoms. The van der Waals surface area contributed by atoms with Crippen molar-refractivity contribution in [3.8, 4) is 0 Å². The fourth-order valence-electron chi connectivity index (χ4n) is 2.44. The zero-order valence-electron chi connectivity index (χ0n) is 10.6. The van der Waals surface area contributed by atoms with E-state index in [9.17, 15) is 0 Å². The summed E-state index contributed by atoms with van der Waals surface area (Å²) in [5.41, 5.74) is 0.994. The van der Waals surface area contributed by atoms with Gasteiger partial charge in [-0.2, -0.15) is 0 Å². The molecule has 0 aromatic heterocycles. The van der Waals surface area contributed by atoms with Crippen LogP contribution in [0.25, 0.3) is 0 Å². The van der Waals surface area contributed by atoms with Crippen molar-refractivity contribution in [3.63, 3.8) is 0 Å². The third kappa shape index (κ3) is 2.50. The van der Waals surface area contributed by atoms with Crippen LogP contribution in [0.1, 0.15) is 60.3 Å². The van der Waals surface area contributed by atoms with Crippen LogP contribution in [0.5, 0.6) is 0 Å². The number of rotatable bonds is 3. The Labute approximate surface area is 89.7 Å². The first-order chi connectivity index (χ1) is 6.39. The average molecular weight is 197 g/mol. The van der Waals surface area contributed by atoms with Gasteiger partial charge in [0.05, 0.1) is 0 Å². The Kier molecular flexibility index (Phi) is 3.63. The van der Waals surface area contributed by atoms with Crippen molar-refractivity contribution in [1.82, 2.24) is 5.32 Å². The summed E-state index contributed by atoms with van der Waals surface area (Å²) >= 11 is 0. The number of hydrogen-bond donors (Lipinski definition) is 1. The highest BCUT2D eigenvalue weighted by Crippen LogP contribution is 2.50. The van der Waals surface area contributed by atoms with Gasteiger partial charge in [-0.25, -0.2) is 0 Å². The maximum atomic E-state index is 3.66. The fourth-order valence-corrected chi connectivity index (χ4v) is 2.44. The third-order valence-corrected chi connectivity index (χ3v) is 4.24. The summed E-state index contributed by atoms with van der Waals surface area (Å²) in [4.78, 5) is 0. The summed E-state index contributed by atoms with van der Waals surface area (Å²) in [6.07, 6.45) is 5.37. The Bertz CT molecular complexity index is 180. The van der Waals surface area contributed by atoms with Crippen LogP contribution >= 0.6 is 0 Å². The molecule has 84 valence electrons. The second-order valence-electron chi connectivity index (χ2n) is 6.20. The number of hydrogen-bond acceptors (Lipinski definition) is 1. The summed E-state index contributed by atoms with van der Waals surface area (Å²) < 4.78 is 0. The second-order valence-corrected chi connectivity index (χ2v) is 6.20. The van der Waals surface area contributed by atoms with Gasteiger partial charge in [0.25, 0.3) is 0 Å². The van der Waals surface area contributed by atoms with Crippen LogP contribution < -0.4 is 5.32 Å². The van der Waals surface area contributed by atoms with Gasteiger partial charge in [-0.15, -0.1) is 0 Å². The Morgan fingerprint density at radius 3 is 2.43 bits per heavy atom. The predicted molar refractivity (Wildman–Crippen MR) is 63.5 cm³/mol. The molecule has 1 aliphatic rings. The summed E-state index contributed by atoms with van der Waals surface area (Å²) in [6.45, 7) is 13.0. The van der Waals surface area contributed by atoms with E-state index in [2.05, 4.69) is 39.9 Å². The van der Waals surface area contributed by atoms with Gasteiger partial charge in [0.1, 0.15) is 0 Å². The lowest BCUT2D eigenvalue weighted by Gasteiger charge is -2.39. The quantitative estimate of drug-likeness (QED) is 0.729. The van der Waals surface area contributed by atoms with Gasteiger partial charge in [-0.3, -0.25) is 0 Å². The monoisotopic (exact) mass is 197 g/mol.